The van der Waals surface area contributed by atoms with Crippen molar-refractivity contribution >= 4 is 5.91 Å². The molecule has 0 aliphatic carbocycles. The number of nitrogens with zero attached hydrogens (tertiary/aromatic N) is 1. The third kappa shape index (κ3) is 2.66. The second kappa shape index (κ2) is 4.97. The Hall–Kier alpha value is -1.35. The van der Waals surface area contributed by atoms with E-state index in [0.29, 0.717) is 0 Å². The van der Waals surface area contributed by atoms with Crippen LogP contribution in [0.2, 0.25) is 0 Å². The fourth-order valence-corrected chi connectivity index (χ4v) is 3.32. The van der Waals surface area contributed by atoms with E-state index in [1.54, 1.807) is 0 Å². The zero-order valence-electron chi connectivity index (χ0n) is 11.6. The molecule has 0 bridgehead atoms. The molecule has 1 aromatic carbocycles. The van der Waals surface area contributed by atoms with Gasteiger partial charge in [0, 0.05) is 19.5 Å². The average molecular weight is 258 g/mol. The van der Waals surface area contributed by atoms with E-state index < -0.39 is 0 Å². The SMILES string of the molecule is Cc1ccccc1CN1CCC2(CC1)CNC(=O)C2. The van der Waals surface area contributed by atoms with E-state index in [1.807, 2.05) is 0 Å². The number of aryl methyl sites for hydroxylation is 1. The Labute approximate surface area is 115 Å². The third-order valence-electron chi connectivity index (χ3n) is 4.77. The molecule has 0 atom stereocenters. The van der Waals surface area contributed by atoms with Gasteiger partial charge in [0.1, 0.15) is 0 Å². The van der Waals surface area contributed by atoms with E-state index in [4.69, 9.17) is 0 Å². The monoisotopic (exact) mass is 258 g/mol. The molecular weight excluding hydrogens is 236 g/mol. The molecule has 2 saturated heterocycles. The van der Waals surface area contributed by atoms with E-state index in [1.165, 1.54) is 11.1 Å². The Kier molecular flexibility index (Phi) is 3.31. The number of hydrogen-bond acceptors (Lipinski definition) is 2. The van der Waals surface area contributed by atoms with Gasteiger partial charge in [-0.05, 0) is 49.4 Å². The van der Waals surface area contributed by atoms with Crippen molar-refractivity contribution in [1.82, 2.24) is 10.2 Å². The van der Waals surface area contributed by atoms with Crippen molar-refractivity contribution in [1.29, 1.82) is 0 Å². The van der Waals surface area contributed by atoms with Crippen LogP contribution in [0.1, 0.15) is 30.4 Å². The van der Waals surface area contributed by atoms with Gasteiger partial charge in [-0.1, -0.05) is 24.3 Å². The Balaban J connectivity index is 1.59. The predicted octanol–water partition coefficient (Wildman–Crippen LogP) is 2.10. The van der Waals surface area contributed by atoms with Gasteiger partial charge in [0.2, 0.25) is 5.91 Å². The van der Waals surface area contributed by atoms with Crippen molar-refractivity contribution in [2.75, 3.05) is 19.6 Å². The standard InChI is InChI=1S/C16H22N2O/c1-13-4-2-3-5-14(13)11-18-8-6-16(7-9-18)10-15(19)17-12-16/h2-5H,6-12H2,1H3,(H,17,19). The summed E-state index contributed by atoms with van der Waals surface area (Å²) in [4.78, 5) is 13.9. The summed E-state index contributed by atoms with van der Waals surface area (Å²) in [5.74, 6) is 0.243. The number of amides is 1. The number of nitrogens with one attached hydrogen (secondary N) is 1. The fraction of sp³-hybridized carbons (Fsp3) is 0.562. The topological polar surface area (TPSA) is 32.3 Å². The summed E-state index contributed by atoms with van der Waals surface area (Å²) in [7, 11) is 0. The van der Waals surface area contributed by atoms with E-state index >= 15 is 0 Å². The molecule has 0 unspecified atom stereocenters. The van der Waals surface area contributed by atoms with Gasteiger partial charge in [0.25, 0.3) is 0 Å². The highest BCUT2D eigenvalue weighted by Crippen LogP contribution is 2.37. The Morgan fingerprint density at radius 2 is 2.00 bits per heavy atom. The van der Waals surface area contributed by atoms with Crippen LogP contribution >= 0.6 is 0 Å². The smallest absolute Gasteiger partial charge is 0.220 e. The fourth-order valence-electron chi connectivity index (χ4n) is 3.32. The Bertz CT molecular complexity index is 475. The third-order valence-corrected chi connectivity index (χ3v) is 4.77. The van der Waals surface area contributed by atoms with E-state index in [2.05, 4.69) is 41.4 Å². The minimum absolute atomic E-state index is 0.243. The maximum absolute atomic E-state index is 11.4. The number of carbonyl (C=O) groups is 1. The van der Waals surface area contributed by atoms with Crippen molar-refractivity contribution in [3.63, 3.8) is 0 Å². The molecule has 2 aliphatic rings. The second-order valence-corrected chi connectivity index (χ2v) is 6.16. The largest absolute Gasteiger partial charge is 0.356 e. The minimum atomic E-state index is 0.243. The molecule has 2 fully saturated rings. The molecular formula is C16H22N2O. The predicted molar refractivity (Wildman–Crippen MR) is 75.7 cm³/mol. The summed E-state index contributed by atoms with van der Waals surface area (Å²) in [6.07, 6.45) is 3.04. The van der Waals surface area contributed by atoms with Crippen LogP contribution in [-0.2, 0) is 11.3 Å². The number of rotatable bonds is 2. The highest BCUT2D eigenvalue weighted by atomic mass is 16.1. The van der Waals surface area contributed by atoms with Crippen LogP contribution in [0.4, 0.5) is 0 Å². The average Bonchev–Trinajstić information content (AvgIpc) is 2.77. The number of likely N-dealkylation sites (tertiary alicyclic amines) is 1. The number of piperidine rings is 1. The quantitative estimate of drug-likeness (QED) is 0.881. The molecule has 19 heavy (non-hydrogen) atoms. The van der Waals surface area contributed by atoms with Crippen molar-refractivity contribution in [3.8, 4) is 0 Å². The lowest BCUT2D eigenvalue weighted by Gasteiger charge is -2.38. The van der Waals surface area contributed by atoms with Gasteiger partial charge < -0.3 is 5.32 Å². The summed E-state index contributed by atoms with van der Waals surface area (Å²) < 4.78 is 0. The first-order valence-corrected chi connectivity index (χ1v) is 7.21. The lowest BCUT2D eigenvalue weighted by molar-refractivity contribution is -0.119. The van der Waals surface area contributed by atoms with Crippen LogP contribution in [0.25, 0.3) is 0 Å². The maximum atomic E-state index is 11.4. The molecule has 102 valence electrons. The van der Waals surface area contributed by atoms with Gasteiger partial charge >= 0.3 is 0 Å². The van der Waals surface area contributed by atoms with Crippen LogP contribution in [0, 0.1) is 12.3 Å². The minimum Gasteiger partial charge on any atom is -0.356 e. The van der Waals surface area contributed by atoms with E-state index in [0.717, 1.165) is 45.4 Å². The van der Waals surface area contributed by atoms with Crippen molar-refractivity contribution in [3.05, 3.63) is 35.4 Å². The molecule has 2 aliphatic heterocycles. The number of hydrogen-bond donors (Lipinski definition) is 1. The molecule has 1 amide bonds. The van der Waals surface area contributed by atoms with E-state index in [9.17, 15) is 4.79 Å². The van der Waals surface area contributed by atoms with Crippen LogP contribution in [0.3, 0.4) is 0 Å². The highest BCUT2D eigenvalue weighted by molar-refractivity contribution is 5.79. The maximum Gasteiger partial charge on any atom is 0.220 e. The van der Waals surface area contributed by atoms with Gasteiger partial charge in [-0.2, -0.15) is 0 Å². The van der Waals surface area contributed by atoms with Gasteiger partial charge in [-0.25, -0.2) is 0 Å². The lowest BCUT2D eigenvalue weighted by Crippen LogP contribution is -2.40. The van der Waals surface area contributed by atoms with Crippen LogP contribution < -0.4 is 5.32 Å². The van der Waals surface area contributed by atoms with Gasteiger partial charge in [-0.15, -0.1) is 0 Å². The number of benzene rings is 1. The summed E-state index contributed by atoms with van der Waals surface area (Å²) in [5.41, 5.74) is 3.07. The second-order valence-electron chi connectivity index (χ2n) is 6.16. The van der Waals surface area contributed by atoms with Crippen molar-refractivity contribution in [2.24, 2.45) is 5.41 Å². The molecule has 0 saturated carbocycles. The highest BCUT2D eigenvalue weighted by Gasteiger charge is 2.40. The summed E-state index contributed by atoms with van der Waals surface area (Å²) in [6.45, 7) is 6.35. The Morgan fingerprint density at radius 3 is 2.63 bits per heavy atom. The van der Waals surface area contributed by atoms with Crippen molar-refractivity contribution < 1.29 is 4.79 Å². The van der Waals surface area contributed by atoms with Gasteiger partial charge in [0.15, 0.2) is 0 Å². The molecule has 0 aromatic heterocycles. The molecule has 1 spiro atoms. The van der Waals surface area contributed by atoms with Crippen LogP contribution in [0.5, 0.6) is 0 Å². The van der Waals surface area contributed by atoms with Gasteiger partial charge in [-0.3, -0.25) is 9.69 Å². The first-order valence-electron chi connectivity index (χ1n) is 7.21. The van der Waals surface area contributed by atoms with Crippen LogP contribution in [0.15, 0.2) is 24.3 Å². The normalized spacial score (nSPS) is 22.7. The molecule has 0 radical (unpaired) electrons. The zero-order valence-corrected chi connectivity index (χ0v) is 11.6. The van der Waals surface area contributed by atoms with Crippen LogP contribution in [-0.4, -0.2) is 30.4 Å². The summed E-state index contributed by atoms with van der Waals surface area (Å²) >= 11 is 0. The molecule has 1 aromatic rings. The molecule has 1 N–H and O–H groups in total. The summed E-state index contributed by atoms with van der Waals surface area (Å²) in [6, 6.07) is 8.62. The molecule has 2 heterocycles. The molecule has 3 nitrogen and oxygen atoms in total. The van der Waals surface area contributed by atoms with Crippen molar-refractivity contribution in [2.45, 2.75) is 32.7 Å². The first-order chi connectivity index (χ1) is 9.17. The van der Waals surface area contributed by atoms with E-state index in [-0.39, 0.29) is 11.3 Å². The molecule has 3 heteroatoms. The van der Waals surface area contributed by atoms with Gasteiger partial charge in [0.05, 0.1) is 0 Å². The number of carbonyl (C=O) groups excluding carboxylic acids is 1. The Morgan fingerprint density at radius 1 is 1.26 bits per heavy atom. The lowest BCUT2D eigenvalue weighted by atomic mass is 9.77. The summed E-state index contributed by atoms with van der Waals surface area (Å²) in [5, 5.41) is 3.00. The zero-order chi connectivity index (χ0) is 13.3. The first kappa shape index (κ1) is 12.7. The molecule has 3 rings (SSSR count).